The second kappa shape index (κ2) is 27.1. The second-order valence-electron chi connectivity index (χ2n) is 21.7. The molecule has 414 valence electrons. The van der Waals surface area contributed by atoms with Crippen LogP contribution in [0.25, 0.3) is 0 Å². The largest absolute Gasteiger partial charge is 0.497 e. The molecule has 4 rings (SSSR count). The summed E-state index contributed by atoms with van der Waals surface area (Å²) >= 11 is 0. The zero-order valence-electron chi connectivity index (χ0n) is 45.6. The van der Waals surface area contributed by atoms with E-state index in [1.807, 2.05) is 27.7 Å². The van der Waals surface area contributed by atoms with E-state index >= 15 is 0 Å². The molecule has 3 fully saturated rings. The number of esters is 2. The Kier molecular flexibility index (Phi) is 22.2. The number of ether oxygens (including phenoxy) is 3. The van der Waals surface area contributed by atoms with Gasteiger partial charge in [-0.1, -0.05) is 67.5 Å². The zero-order chi connectivity index (χ0) is 55.5. The molecule has 21 heteroatoms. The molecule has 0 unspecified atom stereocenters. The Morgan fingerprint density at radius 3 is 2.05 bits per heavy atom. The van der Waals surface area contributed by atoms with Crippen LogP contribution in [0.5, 0.6) is 5.75 Å². The number of likely N-dealkylation sites (N-methyl/N-ethyl adjacent to an activating group) is 2. The Morgan fingerprint density at radius 2 is 1.49 bits per heavy atom. The Bertz CT molecular complexity index is 2150. The molecule has 1 aromatic carbocycles. The van der Waals surface area contributed by atoms with Gasteiger partial charge in [-0.05, 0) is 93.7 Å². The third kappa shape index (κ3) is 15.6. The van der Waals surface area contributed by atoms with Crippen LogP contribution in [0, 0.1) is 23.7 Å². The number of cyclic esters (lactones) is 2. The smallest absolute Gasteiger partial charge is 0.329 e. The van der Waals surface area contributed by atoms with Crippen molar-refractivity contribution in [2.45, 2.75) is 187 Å². The van der Waals surface area contributed by atoms with Crippen LogP contribution in [0.15, 0.2) is 24.3 Å². The maximum atomic E-state index is 14.8. The van der Waals surface area contributed by atoms with Crippen LogP contribution < -0.4 is 20.7 Å². The topological polar surface area (TPSA) is 271 Å². The molecule has 21 nitrogen and oxygen atoms in total. The van der Waals surface area contributed by atoms with E-state index in [0.29, 0.717) is 24.2 Å². The predicted octanol–water partition coefficient (Wildman–Crippen LogP) is 1.72. The van der Waals surface area contributed by atoms with Crippen LogP contribution in [-0.2, 0) is 59.0 Å². The standard InChI is InChI=1S/C53H83N7O14/c1-28(2)24-36-50(68)60-23-15-17-38(60)52(70)58(12)40(26-34-18-20-35(72-13)21-19-34)53(71)73-33(10)44(47(65)55-43(30(5)6)41(62)27-42(63)74-45(31(7)8)48(66)54-36)56-46(64)39(25-29(3)4)57(11)51(69)37-16-14-22-59(37)49(67)32(9)61/h18-21,28-33,36-41,43-45,61-62H,14-17,22-27H2,1-13H3,(H,54,66)(H,55,65)(H,56,64)/t32-,33+,36+,37+,38+,39-,40+,41+,43+,44-,45+/m1/s1. The lowest BCUT2D eigenvalue weighted by molar-refractivity contribution is -0.162. The van der Waals surface area contributed by atoms with Gasteiger partial charge in [0, 0.05) is 33.6 Å². The molecule has 3 aliphatic heterocycles. The van der Waals surface area contributed by atoms with E-state index in [-0.39, 0.29) is 57.0 Å². The molecule has 1 aromatic rings. The summed E-state index contributed by atoms with van der Waals surface area (Å²) in [6, 6.07) is -1.88. The predicted molar refractivity (Wildman–Crippen MR) is 271 cm³/mol. The maximum Gasteiger partial charge on any atom is 0.329 e. The summed E-state index contributed by atoms with van der Waals surface area (Å²) in [5, 5.41) is 30.0. The average molecular weight is 1040 g/mol. The lowest BCUT2D eigenvalue weighted by atomic mass is 9.95. The van der Waals surface area contributed by atoms with Gasteiger partial charge in [0.15, 0.2) is 6.10 Å². The summed E-state index contributed by atoms with van der Waals surface area (Å²) in [6.07, 6.45) is -4.95. The number of methoxy groups -OCH3 is 1. The van der Waals surface area contributed by atoms with Gasteiger partial charge >= 0.3 is 11.9 Å². The van der Waals surface area contributed by atoms with Crippen LogP contribution in [0.2, 0.25) is 0 Å². The Labute approximate surface area is 436 Å². The summed E-state index contributed by atoms with van der Waals surface area (Å²) in [7, 11) is 4.33. The minimum atomic E-state index is -1.73. The highest BCUT2D eigenvalue weighted by Gasteiger charge is 2.45. The SMILES string of the molecule is COc1ccc(C[C@H]2C(=O)O[C@@H](C)[C@@H](NC(=O)[C@@H](CC(C)C)N(C)C(=O)[C@@H]3CCCN3C(=O)[C@@H](C)O)C(=O)N[C@@H](C(C)C)[C@@H](O)CC(=O)O[C@@H](C(C)C)C(=O)N[C@@H](CC(C)C)C(=O)N3CCC[C@H]3C(=O)N2C)cc1. The highest BCUT2D eigenvalue weighted by Crippen LogP contribution is 2.27. The van der Waals surface area contributed by atoms with E-state index in [0.717, 1.165) is 0 Å². The summed E-state index contributed by atoms with van der Waals surface area (Å²) < 4.78 is 17.2. The first-order valence-corrected chi connectivity index (χ1v) is 26.1. The van der Waals surface area contributed by atoms with Crippen molar-refractivity contribution in [2.75, 3.05) is 34.3 Å². The molecule has 0 aliphatic carbocycles. The van der Waals surface area contributed by atoms with Crippen molar-refractivity contribution in [1.82, 2.24) is 35.6 Å². The number of likely N-dealkylation sites (tertiary alicyclic amines) is 1. The molecule has 0 bridgehead atoms. The number of hydrogen-bond acceptors (Lipinski definition) is 14. The van der Waals surface area contributed by atoms with Crippen molar-refractivity contribution >= 4 is 53.3 Å². The molecular formula is C53H83N7O14. The number of carbonyl (C=O) groups is 9. The summed E-state index contributed by atoms with van der Waals surface area (Å²) in [5.41, 5.74) is 0.595. The minimum absolute atomic E-state index is 0.0915. The first-order valence-electron chi connectivity index (χ1n) is 26.1. The van der Waals surface area contributed by atoms with Gasteiger partial charge in [-0.25, -0.2) is 4.79 Å². The third-order valence-electron chi connectivity index (χ3n) is 14.1. The second-order valence-corrected chi connectivity index (χ2v) is 21.7. The normalized spacial score (nSPS) is 27.0. The van der Waals surface area contributed by atoms with Gasteiger partial charge in [0.1, 0.15) is 54.2 Å². The van der Waals surface area contributed by atoms with Gasteiger partial charge in [0.2, 0.25) is 29.5 Å². The summed E-state index contributed by atoms with van der Waals surface area (Å²) in [4.78, 5) is 134. The number of benzene rings is 1. The minimum Gasteiger partial charge on any atom is -0.497 e. The molecule has 7 amide bonds. The van der Waals surface area contributed by atoms with Gasteiger partial charge in [-0.3, -0.25) is 38.4 Å². The molecule has 0 saturated carbocycles. The number of amides is 7. The number of hydrogen-bond donors (Lipinski definition) is 5. The van der Waals surface area contributed by atoms with E-state index in [4.69, 9.17) is 14.2 Å². The lowest BCUT2D eigenvalue weighted by Gasteiger charge is -2.36. The zero-order valence-corrected chi connectivity index (χ0v) is 45.6. The molecule has 5 N–H and O–H groups in total. The van der Waals surface area contributed by atoms with Gasteiger partial charge in [0.05, 0.1) is 25.7 Å². The Morgan fingerprint density at radius 1 is 0.851 bits per heavy atom. The summed E-state index contributed by atoms with van der Waals surface area (Å²) in [5.74, 6) is -7.70. The van der Waals surface area contributed by atoms with Crippen molar-refractivity contribution in [3.05, 3.63) is 29.8 Å². The number of aliphatic hydroxyl groups excluding tert-OH is 2. The lowest BCUT2D eigenvalue weighted by Crippen LogP contribution is -2.62. The highest BCUT2D eigenvalue weighted by atomic mass is 16.6. The van der Waals surface area contributed by atoms with E-state index in [1.54, 1.807) is 52.0 Å². The van der Waals surface area contributed by atoms with Crippen LogP contribution in [0.1, 0.15) is 120 Å². The Balaban J connectivity index is 1.85. The Hall–Kier alpha value is -5.83. The molecule has 3 aliphatic rings. The van der Waals surface area contributed by atoms with E-state index < -0.39 is 138 Å². The number of carbonyl (C=O) groups excluding carboxylic acids is 9. The van der Waals surface area contributed by atoms with Crippen LogP contribution >= 0.6 is 0 Å². The van der Waals surface area contributed by atoms with Gasteiger partial charge < -0.3 is 60.0 Å². The molecule has 0 aromatic heterocycles. The number of aliphatic hydroxyl groups is 2. The van der Waals surface area contributed by atoms with Crippen LogP contribution in [-0.4, -0.2) is 184 Å². The fourth-order valence-corrected chi connectivity index (χ4v) is 9.91. The van der Waals surface area contributed by atoms with Crippen molar-refractivity contribution < 1.29 is 67.6 Å². The maximum absolute atomic E-state index is 14.8. The molecule has 3 saturated heterocycles. The molecule has 74 heavy (non-hydrogen) atoms. The molecule has 3 heterocycles. The number of nitrogens with one attached hydrogen (secondary N) is 3. The van der Waals surface area contributed by atoms with Crippen LogP contribution in [0.3, 0.4) is 0 Å². The first kappa shape index (κ1) is 60.7. The monoisotopic (exact) mass is 1040 g/mol. The quantitative estimate of drug-likeness (QED) is 0.166. The fraction of sp³-hybridized carbons (Fsp3) is 0.717. The molecular weight excluding hydrogens is 959 g/mol. The number of nitrogens with zero attached hydrogens (tertiary/aromatic N) is 4. The van der Waals surface area contributed by atoms with E-state index in [9.17, 15) is 53.4 Å². The molecule has 0 spiro atoms. The number of rotatable bonds is 14. The van der Waals surface area contributed by atoms with Crippen LogP contribution in [0.4, 0.5) is 0 Å². The van der Waals surface area contributed by atoms with E-state index in [1.165, 1.54) is 54.7 Å². The molecule has 0 radical (unpaired) electrons. The van der Waals surface area contributed by atoms with E-state index in [2.05, 4.69) is 16.0 Å². The number of fused-ring (bicyclic) bond motifs is 1. The van der Waals surface area contributed by atoms with Gasteiger partial charge in [-0.2, -0.15) is 0 Å². The van der Waals surface area contributed by atoms with Gasteiger partial charge in [-0.15, -0.1) is 0 Å². The van der Waals surface area contributed by atoms with Gasteiger partial charge in [0.25, 0.3) is 11.8 Å². The highest BCUT2D eigenvalue weighted by molar-refractivity contribution is 5.97. The van der Waals surface area contributed by atoms with Crippen molar-refractivity contribution in [3.63, 3.8) is 0 Å². The van der Waals surface area contributed by atoms with Crippen molar-refractivity contribution in [1.29, 1.82) is 0 Å². The van der Waals surface area contributed by atoms with Crippen molar-refractivity contribution in [3.8, 4) is 5.75 Å². The molecule has 11 atom stereocenters. The first-order chi connectivity index (χ1) is 34.7. The summed E-state index contributed by atoms with van der Waals surface area (Å²) in [6.45, 7) is 17.1. The van der Waals surface area contributed by atoms with Crippen molar-refractivity contribution in [2.24, 2.45) is 23.7 Å². The average Bonchev–Trinajstić information content (AvgIpc) is 4.04. The third-order valence-corrected chi connectivity index (χ3v) is 14.1. The fourth-order valence-electron chi connectivity index (χ4n) is 9.91.